The van der Waals surface area contributed by atoms with Crippen molar-refractivity contribution in [3.63, 3.8) is 0 Å². The Bertz CT molecular complexity index is 520. The monoisotopic (exact) mass is 339 g/mol. The molecule has 2 rings (SSSR count). The molecule has 0 aliphatic carbocycles. The number of hydrogen-bond acceptors (Lipinski definition) is 3. The van der Waals surface area contributed by atoms with Crippen LogP contribution < -0.4 is 4.74 Å². The molecular formula is C13H10INO2. The average molecular weight is 339 g/mol. The third kappa shape index (κ3) is 3.26. The van der Waals surface area contributed by atoms with Crippen molar-refractivity contribution >= 4 is 28.4 Å². The summed E-state index contributed by atoms with van der Waals surface area (Å²) in [5.41, 5.74) is 0.674. The first-order valence-electron chi connectivity index (χ1n) is 5.05. The fourth-order valence-electron chi connectivity index (χ4n) is 1.30. The zero-order valence-corrected chi connectivity index (χ0v) is 11.3. The van der Waals surface area contributed by atoms with Gasteiger partial charge in [0.05, 0.1) is 0 Å². The molecule has 0 aliphatic heterocycles. The highest BCUT2D eigenvalue weighted by Gasteiger charge is 2.01. The maximum Gasteiger partial charge on any atom is 0.219 e. The maximum atomic E-state index is 11.1. The van der Waals surface area contributed by atoms with Gasteiger partial charge in [-0.15, -0.1) is 0 Å². The smallest absolute Gasteiger partial charge is 0.219 e. The second kappa shape index (κ2) is 5.27. The molecule has 1 heterocycles. The minimum absolute atomic E-state index is 0.0453. The molecule has 0 saturated heterocycles. The second-order valence-electron chi connectivity index (χ2n) is 3.50. The predicted molar refractivity (Wildman–Crippen MR) is 73.5 cm³/mol. The lowest BCUT2D eigenvalue weighted by molar-refractivity contribution is 0.101. The second-order valence-corrected chi connectivity index (χ2v) is 4.74. The highest BCUT2D eigenvalue weighted by molar-refractivity contribution is 14.1. The minimum atomic E-state index is 0.0453. The Hall–Kier alpha value is -1.43. The molecule has 0 aliphatic rings. The summed E-state index contributed by atoms with van der Waals surface area (Å²) in [6.07, 6.45) is 1.74. The Morgan fingerprint density at radius 3 is 2.41 bits per heavy atom. The quantitative estimate of drug-likeness (QED) is 0.633. The number of ketones is 1. The largest absolute Gasteiger partial charge is 0.439 e. The van der Waals surface area contributed by atoms with Crippen LogP contribution in [0, 0.1) is 3.57 Å². The van der Waals surface area contributed by atoms with Crippen LogP contribution in [0.15, 0.2) is 42.6 Å². The number of aromatic nitrogens is 1. The molecule has 17 heavy (non-hydrogen) atoms. The van der Waals surface area contributed by atoms with Gasteiger partial charge in [0.2, 0.25) is 5.88 Å². The van der Waals surface area contributed by atoms with Crippen molar-refractivity contribution < 1.29 is 9.53 Å². The van der Waals surface area contributed by atoms with Crippen molar-refractivity contribution in [2.45, 2.75) is 6.92 Å². The molecule has 0 amide bonds. The van der Waals surface area contributed by atoms with Crippen LogP contribution in [-0.2, 0) is 0 Å². The van der Waals surface area contributed by atoms with Crippen molar-refractivity contribution in [2.75, 3.05) is 0 Å². The lowest BCUT2D eigenvalue weighted by atomic mass is 10.1. The Morgan fingerprint density at radius 2 is 1.88 bits per heavy atom. The van der Waals surface area contributed by atoms with E-state index in [9.17, 15) is 4.79 Å². The Kier molecular flexibility index (Phi) is 3.73. The molecule has 1 aromatic heterocycles. The number of rotatable bonds is 3. The maximum absolute atomic E-state index is 11.1. The summed E-state index contributed by atoms with van der Waals surface area (Å²) in [6.45, 7) is 1.54. The van der Waals surface area contributed by atoms with Gasteiger partial charge in [0.25, 0.3) is 0 Å². The first-order chi connectivity index (χ1) is 8.15. The summed E-state index contributed by atoms with van der Waals surface area (Å²) in [5.74, 6) is 1.26. The van der Waals surface area contributed by atoms with Gasteiger partial charge in [-0.1, -0.05) is 0 Å². The van der Waals surface area contributed by atoms with Crippen LogP contribution in [0.4, 0.5) is 0 Å². The van der Waals surface area contributed by atoms with Crippen molar-refractivity contribution in [3.05, 3.63) is 51.7 Å². The molecular weight excluding hydrogens is 329 g/mol. The fourth-order valence-corrected chi connectivity index (χ4v) is 1.62. The normalized spacial score (nSPS) is 10.0. The topological polar surface area (TPSA) is 39.2 Å². The van der Waals surface area contributed by atoms with E-state index in [0.29, 0.717) is 17.2 Å². The van der Waals surface area contributed by atoms with Gasteiger partial charge in [-0.25, -0.2) is 4.98 Å². The Balaban J connectivity index is 2.13. The number of nitrogens with zero attached hydrogens (tertiary/aromatic N) is 1. The molecule has 1 aromatic carbocycles. The van der Waals surface area contributed by atoms with Crippen LogP contribution in [0.2, 0.25) is 0 Å². The summed E-state index contributed by atoms with van der Waals surface area (Å²) in [4.78, 5) is 15.2. The zero-order valence-electron chi connectivity index (χ0n) is 9.18. The number of hydrogen-bond donors (Lipinski definition) is 0. The molecule has 86 valence electrons. The number of ether oxygens (including phenoxy) is 1. The molecule has 0 atom stereocenters. The fraction of sp³-hybridized carbons (Fsp3) is 0.0769. The number of halogens is 1. The summed E-state index contributed by atoms with van der Waals surface area (Å²) in [5, 5.41) is 0. The van der Waals surface area contributed by atoms with E-state index in [-0.39, 0.29) is 5.78 Å². The molecule has 0 fully saturated rings. The Labute approximate surface area is 113 Å². The highest BCUT2D eigenvalue weighted by atomic mass is 127. The molecule has 0 saturated carbocycles. The molecule has 0 bridgehead atoms. The molecule has 4 heteroatoms. The van der Waals surface area contributed by atoms with E-state index in [1.54, 1.807) is 36.5 Å². The third-order valence-electron chi connectivity index (χ3n) is 2.18. The molecule has 0 spiro atoms. The highest BCUT2D eigenvalue weighted by Crippen LogP contribution is 2.20. The van der Waals surface area contributed by atoms with E-state index in [2.05, 4.69) is 27.6 Å². The van der Waals surface area contributed by atoms with E-state index < -0.39 is 0 Å². The number of benzene rings is 1. The van der Waals surface area contributed by atoms with Crippen molar-refractivity contribution in [1.29, 1.82) is 0 Å². The van der Waals surface area contributed by atoms with E-state index >= 15 is 0 Å². The number of carbonyl (C=O) groups is 1. The van der Waals surface area contributed by atoms with Crippen molar-refractivity contribution in [2.24, 2.45) is 0 Å². The summed E-state index contributed by atoms with van der Waals surface area (Å²) >= 11 is 2.18. The van der Waals surface area contributed by atoms with E-state index in [4.69, 9.17) is 4.74 Å². The Morgan fingerprint density at radius 1 is 1.18 bits per heavy atom. The summed E-state index contributed by atoms with van der Waals surface area (Å²) in [7, 11) is 0. The van der Waals surface area contributed by atoms with Crippen molar-refractivity contribution in [1.82, 2.24) is 4.98 Å². The van der Waals surface area contributed by atoms with Crippen LogP contribution in [0.1, 0.15) is 17.3 Å². The summed E-state index contributed by atoms with van der Waals surface area (Å²) < 4.78 is 6.60. The zero-order chi connectivity index (χ0) is 12.3. The summed E-state index contributed by atoms with van der Waals surface area (Å²) in [6, 6.07) is 10.7. The van der Waals surface area contributed by atoms with Gasteiger partial charge in [-0.2, -0.15) is 0 Å². The lowest BCUT2D eigenvalue weighted by Crippen LogP contribution is -1.92. The van der Waals surface area contributed by atoms with Gasteiger partial charge in [-0.3, -0.25) is 4.79 Å². The lowest BCUT2D eigenvalue weighted by Gasteiger charge is -2.04. The predicted octanol–water partition coefficient (Wildman–Crippen LogP) is 3.68. The van der Waals surface area contributed by atoms with Gasteiger partial charge in [-0.05, 0) is 59.8 Å². The third-order valence-corrected chi connectivity index (χ3v) is 2.82. The van der Waals surface area contributed by atoms with Gasteiger partial charge in [0, 0.05) is 21.4 Å². The van der Waals surface area contributed by atoms with Crippen LogP contribution in [0.3, 0.4) is 0 Å². The molecule has 0 radical (unpaired) electrons. The van der Waals surface area contributed by atoms with Gasteiger partial charge < -0.3 is 4.74 Å². The van der Waals surface area contributed by atoms with E-state index in [1.807, 2.05) is 6.07 Å². The van der Waals surface area contributed by atoms with Gasteiger partial charge in [0.15, 0.2) is 5.78 Å². The van der Waals surface area contributed by atoms with Gasteiger partial charge in [0.1, 0.15) is 5.75 Å². The van der Waals surface area contributed by atoms with Crippen LogP contribution >= 0.6 is 22.6 Å². The average Bonchev–Trinajstić information content (AvgIpc) is 2.33. The molecule has 3 nitrogen and oxygen atoms in total. The molecule has 0 unspecified atom stereocenters. The molecule has 0 N–H and O–H groups in total. The van der Waals surface area contributed by atoms with Crippen LogP contribution in [0.5, 0.6) is 11.6 Å². The molecule has 2 aromatic rings. The first kappa shape index (κ1) is 12.0. The van der Waals surface area contributed by atoms with E-state index in [1.165, 1.54) is 6.92 Å². The van der Waals surface area contributed by atoms with Crippen molar-refractivity contribution in [3.8, 4) is 11.6 Å². The van der Waals surface area contributed by atoms with Gasteiger partial charge >= 0.3 is 0 Å². The number of pyridine rings is 1. The van der Waals surface area contributed by atoms with Crippen LogP contribution in [-0.4, -0.2) is 10.8 Å². The first-order valence-corrected chi connectivity index (χ1v) is 6.13. The SMILES string of the molecule is CC(=O)c1ccc(Oc2ccc(I)cn2)cc1. The standard InChI is InChI=1S/C13H10INO2/c1-9(16)10-2-5-12(6-3-10)17-13-7-4-11(14)8-15-13/h2-8H,1H3. The number of Topliss-reactive ketones (excluding diaryl/α,β-unsaturated/α-hetero) is 1. The van der Waals surface area contributed by atoms with E-state index in [0.717, 1.165) is 3.57 Å². The van der Waals surface area contributed by atoms with Crippen LogP contribution in [0.25, 0.3) is 0 Å². The minimum Gasteiger partial charge on any atom is -0.439 e. The number of carbonyl (C=O) groups excluding carboxylic acids is 1.